The van der Waals surface area contributed by atoms with E-state index >= 15 is 0 Å². The van der Waals surface area contributed by atoms with Crippen LogP contribution in [0, 0.1) is 5.92 Å². The number of nitrogens with one attached hydrogen (secondary N) is 1. The van der Waals surface area contributed by atoms with Gasteiger partial charge in [-0.2, -0.15) is 0 Å². The standard InChI is InChI=1S/C10H22N2O/c1-9(8-13-3)6-12-5-4-10(7-12)11-2/h9-11H,4-8H2,1-3H3. The molecule has 78 valence electrons. The minimum atomic E-state index is 0.653. The lowest BCUT2D eigenvalue weighted by atomic mass is 10.2. The van der Waals surface area contributed by atoms with Gasteiger partial charge in [0.15, 0.2) is 0 Å². The predicted octanol–water partition coefficient (Wildman–Crippen LogP) is 0.563. The Balaban J connectivity index is 2.16. The van der Waals surface area contributed by atoms with E-state index in [1.807, 2.05) is 7.05 Å². The van der Waals surface area contributed by atoms with Crippen molar-refractivity contribution in [1.82, 2.24) is 10.2 Å². The van der Waals surface area contributed by atoms with Gasteiger partial charge in [-0.1, -0.05) is 6.92 Å². The van der Waals surface area contributed by atoms with E-state index in [4.69, 9.17) is 4.74 Å². The van der Waals surface area contributed by atoms with E-state index in [1.54, 1.807) is 7.11 Å². The second-order valence-electron chi connectivity index (χ2n) is 4.09. The van der Waals surface area contributed by atoms with Crippen LogP contribution in [0.25, 0.3) is 0 Å². The van der Waals surface area contributed by atoms with E-state index in [0.717, 1.165) is 6.61 Å². The molecule has 0 bridgehead atoms. The van der Waals surface area contributed by atoms with E-state index in [2.05, 4.69) is 17.1 Å². The highest BCUT2D eigenvalue weighted by Crippen LogP contribution is 2.11. The molecule has 0 radical (unpaired) electrons. The third kappa shape index (κ3) is 3.63. The number of likely N-dealkylation sites (tertiary alicyclic amines) is 1. The van der Waals surface area contributed by atoms with E-state index in [0.29, 0.717) is 12.0 Å². The summed E-state index contributed by atoms with van der Waals surface area (Å²) in [5.41, 5.74) is 0. The van der Waals surface area contributed by atoms with Gasteiger partial charge in [0, 0.05) is 32.8 Å². The van der Waals surface area contributed by atoms with Crippen molar-refractivity contribution in [1.29, 1.82) is 0 Å². The monoisotopic (exact) mass is 186 g/mol. The Kier molecular flexibility index (Phi) is 4.70. The molecule has 1 rings (SSSR count). The zero-order valence-corrected chi connectivity index (χ0v) is 9.05. The van der Waals surface area contributed by atoms with Crippen LogP contribution in [0.5, 0.6) is 0 Å². The van der Waals surface area contributed by atoms with Gasteiger partial charge in [0.05, 0.1) is 0 Å². The number of methoxy groups -OCH3 is 1. The van der Waals surface area contributed by atoms with Crippen LogP contribution in [-0.2, 0) is 4.74 Å². The van der Waals surface area contributed by atoms with Crippen molar-refractivity contribution in [3.63, 3.8) is 0 Å². The second-order valence-corrected chi connectivity index (χ2v) is 4.09. The molecule has 1 saturated heterocycles. The van der Waals surface area contributed by atoms with Crippen LogP contribution in [-0.4, -0.2) is 51.3 Å². The van der Waals surface area contributed by atoms with Crippen LogP contribution in [0.3, 0.4) is 0 Å². The largest absolute Gasteiger partial charge is 0.384 e. The Morgan fingerprint density at radius 1 is 1.62 bits per heavy atom. The number of nitrogens with zero attached hydrogens (tertiary/aromatic N) is 1. The van der Waals surface area contributed by atoms with Gasteiger partial charge in [0.2, 0.25) is 0 Å². The molecular weight excluding hydrogens is 164 g/mol. The lowest BCUT2D eigenvalue weighted by Crippen LogP contribution is -2.32. The summed E-state index contributed by atoms with van der Waals surface area (Å²) in [6.07, 6.45) is 1.29. The van der Waals surface area contributed by atoms with Crippen molar-refractivity contribution in [3.05, 3.63) is 0 Å². The maximum absolute atomic E-state index is 5.12. The van der Waals surface area contributed by atoms with Crippen molar-refractivity contribution >= 4 is 0 Å². The fourth-order valence-corrected chi connectivity index (χ4v) is 2.01. The molecule has 0 aliphatic carbocycles. The molecule has 0 saturated carbocycles. The number of likely N-dealkylation sites (N-methyl/N-ethyl adjacent to an activating group) is 1. The minimum Gasteiger partial charge on any atom is -0.384 e. The third-order valence-corrected chi connectivity index (χ3v) is 2.70. The highest BCUT2D eigenvalue weighted by Gasteiger charge is 2.21. The Morgan fingerprint density at radius 3 is 2.92 bits per heavy atom. The summed E-state index contributed by atoms with van der Waals surface area (Å²) in [6, 6.07) is 0.703. The number of hydrogen-bond acceptors (Lipinski definition) is 3. The average molecular weight is 186 g/mol. The van der Waals surface area contributed by atoms with Crippen LogP contribution in [0.1, 0.15) is 13.3 Å². The Bertz CT molecular complexity index is 141. The summed E-state index contributed by atoms with van der Waals surface area (Å²) in [5.74, 6) is 0.653. The first-order chi connectivity index (χ1) is 6.26. The van der Waals surface area contributed by atoms with Crippen molar-refractivity contribution in [2.75, 3.05) is 40.4 Å². The fraction of sp³-hybridized carbons (Fsp3) is 1.00. The quantitative estimate of drug-likeness (QED) is 0.679. The van der Waals surface area contributed by atoms with Crippen LogP contribution < -0.4 is 5.32 Å². The first-order valence-electron chi connectivity index (χ1n) is 5.14. The maximum atomic E-state index is 5.12. The summed E-state index contributed by atoms with van der Waals surface area (Å²) in [6.45, 7) is 6.73. The van der Waals surface area contributed by atoms with Crippen LogP contribution in [0.2, 0.25) is 0 Å². The summed E-state index contributed by atoms with van der Waals surface area (Å²) >= 11 is 0. The minimum absolute atomic E-state index is 0.653. The first-order valence-corrected chi connectivity index (χ1v) is 5.14. The fourth-order valence-electron chi connectivity index (χ4n) is 2.01. The van der Waals surface area contributed by atoms with Gasteiger partial charge in [-0.3, -0.25) is 0 Å². The molecule has 2 unspecified atom stereocenters. The van der Waals surface area contributed by atoms with Crippen LogP contribution in [0.4, 0.5) is 0 Å². The molecule has 0 aromatic carbocycles. The lowest BCUT2D eigenvalue weighted by Gasteiger charge is -2.20. The topological polar surface area (TPSA) is 24.5 Å². The molecule has 1 heterocycles. The number of hydrogen-bond donors (Lipinski definition) is 1. The summed E-state index contributed by atoms with van der Waals surface area (Å²) in [7, 11) is 3.82. The predicted molar refractivity (Wildman–Crippen MR) is 54.9 cm³/mol. The molecule has 0 aromatic rings. The van der Waals surface area contributed by atoms with Crippen molar-refractivity contribution in [2.24, 2.45) is 5.92 Å². The van der Waals surface area contributed by atoms with Crippen molar-refractivity contribution in [3.8, 4) is 0 Å². The van der Waals surface area contributed by atoms with Gasteiger partial charge >= 0.3 is 0 Å². The molecule has 1 fully saturated rings. The third-order valence-electron chi connectivity index (χ3n) is 2.70. The maximum Gasteiger partial charge on any atom is 0.0500 e. The van der Waals surface area contributed by atoms with E-state index in [-0.39, 0.29) is 0 Å². The normalized spacial score (nSPS) is 26.5. The zero-order chi connectivity index (χ0) is 9.68. The van der Waals surface area contributed by atoms with Gasteiger partial charge in [-0.05, 0) is 25.9 Å². The average Bonchev–Trinajstić information content (AvgIpc) is 2.52. The zero-order valence-electron chi connectivity index (χ0n) is 9.05. The number of ether oxygens (including phenoxy) is 1. The first kappa shape index (κ1) is 11.0. The highest BCUT2D eigenvalue weighted by atomic mass is 16.5. The van der Waals surface area contributed by atoms with E-state index < -0.39 is 0 Å². The van der Waals surface area contributed by atoms with Gasteiger partial charge in [-0.25, -0.2) is 0 Å². The van der Waals surface area contributed by atoms with Gasteiger partial charge in [0.1, 0.15) is 0 Å². The second kappa shape index (κ2) is 5.58. The molecule has 2 atom stereocenters. The molecule has 0 spiro atoms. The lowest BCUT2D eigenvalue weighted by molar-refractivity contribution is 0.136. The Morgan fingerprint density at radius 2 is 2.38 bits per heavy atom. The number of rotatable bonds is 5. The van der Waals surface area contributed by atoms with Crippen molar-refractivity contribution < 1.29 is 4.74 Å². The van der Waals surface area contributed by atoms with Crippen LogP contribution in [0.15, 0.2) is 0 Å². The highest BCUT2D eigenvalue weighted by molar-refractivity contribution is 4.80. The smallest absolute Gasteiger partial charge is 0.0500 e. The SMILES string of the molecule is CNC1CCN(CC(C)COC)C1. The molecular formula is C10H22N2O. The molecule has 1 N–H and O–H groups in total. The Hall–Kier alpha value is -0.120. The molecule has 3 nitrogen and oxygen atoms in total. The van der Waals surface area contributed by atoms with Crippen molar-refractivity contribution in [2.45, 2.75) is 19.4 Å². The summed E-state index contributed by atoms with van der Waals surface area (Å²) in [4.78, 5) is 2.52. The molecule has 1 aliphatic heterocycles. The summed E-state index contributed by atoms with van der Waals surface area (Å²) in [5, 5.41) is 3.33. The van der Waals surface area contributed by atoms with E-state index in [1.165, 1.54) is 26.1 Å². The van der Waals surface area contributed by atoms with E-state index in [9.17, 15) is 0 Å². The molecule has 0 amide bonds. The molecule has 3 heteroatoms. The molecule has 13 heavy (non-hydrogen) atoms. The Labute approximate surface area is 81.4 Å². The van der Waals surface area contributed by atoms with Gasteiger partial charge < -0.3 is 15.0 Å². The molecule has 1 aliphatic rings. The van der Waals surface area contributed by atoms with Gasteiger partial charge in [0.25, 0.3) is 0 Å². The van der Waals surface area contributed by atoms with Gasteiger partial charge in [-0.15, -0.1) is 0 Å². The summed E-state index contributed by atoms with van der Waals surface area (Å²) < 4.78 is 5.12. The van der Waals surface area contributed by atoms with Crippen LogP contribution >= 0.6 is 0 Å². The molecule has 0 aromatic heterocycles.